The van der Waals surface area contributed by atoms with E-state index in [4.69, 9.17) is 5.41 Å². The van der Waals surface area contributed by atoms with E-state index < -0.39 is 5.92 Å². The molecule has 2 N–H and O–H groups in total. The van der Waals surface area contributed by atoms with Crippen LogP contribution in [0.4, 0.5) is 14.6 Å². The summed E-state index contributed by atoms with van der Waals surface area (Å²) in [6, 6.07) is 2.79. The van der Waals surface area contributed by atoms with Gasteiger partial charge in [0.25, 0.3) is 5.92 Å². The number of rotatable bonds is 2. The Labute approximate surface area is 117 Å². The van der Waals surface area contributed by atoms with E-state index in [1.807, 2.05) is 4.90 Å². The Bertz CT molecular complexity index is 517. The number of guanidine groups is 1. The molecule has 4 nitrogen and oxygen atoms in total. The zero-order chi connectivity index (χ0) is 14.8. The molecule has 1 aliphatic rings. The van der Waals surface area contributed by atoms with Gasteiger partial charge in [0.2, 0.25) is 0 Å². The lowest BCUT2D eigenvalue weighted by molar-refractivity contribution is 0.0171. The van der Waals surface area contributed by atoms with E-state index in [-0.39, 0.29) is 11.5 Å². The number of hydrogen-bond acceptors (Lipinski definition) is 2. The summed E-state index contributed by atoms with van der Waals surface area (Å²) in [7, 11) is 0. The van der Waals surface area contributed by atoms with Gasteiger partial charge in [0.1, 0.15) is 5.82 Å². The SMILES string of the molecule is CC1=CCN(C(=N)Nc2ccc(C(C)(F)F)cn2)CC1. The van der Waals surface area contributed by atoms with Crippen LogP contribution in [0, 0.1) is 5.41 Å². The first-order chi connectivity index (χ1) is 9.36. The minimum absolute atomic E-state index is 0.133. The van der Waals surface area contributed by atoms with Crippen LogP contribution in [-0.2, 0) is 5.92 Å². The Balaban J connectivity index is 1.98. The maximum atomic E-state index is 13.1. The Morgan fingerprint density at radius 1 is 1.45 bits per heavy atom. The molecule has 0 bridgehead atoms. The molecule has 1 aromatic rings. The van der Waals surface area contributed by atoms with Gasteiger partial charge in [0.05, 0.1) is 0 Å². The van der Waals surface area contributed by atoms with Crippen molar-refractivity contribution in [1.29, 1.82) is 5.41 Å². The number of hydrogen-bond donors (Lipinski definition) is 2. The monoisotopic (exact) mass is 280 g/mol. The lowest BCUT2D eigenvalue weighted by Gasteiger charge is -2.27. The average Bonchev–Trinajstić information content (AvgIpc) is 2.39. The second-order valence-electron chi connectivity index (χ2n) is 5.04. The van der Waals surface area contributed by atoms with Crippen molar-refractivity contribution in [2.45, 2.75) is 26.2 Å². The predicted molar refractivity (Wildman–Crippen MR) is 75.1 cm³/mol. The second-order valence-corrected chi connectivity index (χ2v) is 5.04. The van der Waals surface area contributed by atoms with Crippen LogP contribution in [0.3, 0.4) is 0 Å². The molecule has 0 saturated carbocycles. The zero-order valence-electron chi connectivity index (χ0n) is 11.6. The number of nitrogens with one attached hydrogen (secondary N) is 2. The molecular weight excluding hydrogens is 262 g/mol. The van der Waals surface area contributed by atoms with Crippen LogP contribution in [0.25, 0.3) is 0 Å². The lowest BCUT2D eigenvalue weighted by Crippen LogP contribution is -2.38. The van der Waals surface area contributed by atoms with Gasteiger partial charge in [-0.1, -0.05) is 11.6 Å². The summed E-state index contributed by atoms with van der Waals surface area (Å²) >= 11 is 0. The van der Waals surface area contributed by atoms with Crippen molar-refractivity contribution < 1.29 is 8.78 Å². The van der Waals surface area contributed by atoms with Gasteiger partial charge in [-0.25, -0.2) is 13.8 Å². The van der Waals surface area contributed by atoms with Crippen molar-refractivity contribution in [3.05, 3.63) is 35.5 Å². The Morgan fingerprint density at radius 2 is 2.20 bits per heavy atom. The number of halogens is 2. The topological polar surface area (TPSA) is 52.0 Å². The van der Waals surface area contributed by atoms with Gasteiger partial charge >= 0.3 is 0 Å². The van der Waals surface area contributed by atoms with Gasteiger partial charge in [-0.05, 0) is 25.5 Å². The molecule has 0 aromatic carbocycles. The zero-order valence-corrected chi connectivity index (χ0v) is 11.6. The third-order valence-corrected chi connectivity index (χ3v) is 3.27. The Kier molecular flexibility index (Phi) is 4.01. The number of nitrogens with zero attached hydrogens (tertiary/aromatic N) is 2. The Hall–Kier alpha value is -1.98. The van der Waals surface area contributed by atoms with E-state index in [1.165, 1.54) is 17.7 Å². The fourth-order valence-electron chi connectivity index (χ4n) is 1.90. The summed E-state index contributed by atoms with van der Waals surface area (Å²) < 4.78 is 26.1. The average molecular weight is 280 g/mol. The maximum absolute atomic E-state index is 13.1. The maximum Gasteiger partial charge on any atom is 0.272 e. The third kappa shape index (κ3) is 3.53. The molecule has 0 unspecified atom stereocenters. The third-order valence-electron chi connectivity index (χ3n) is 3.27. The first-order valence-corrected chi connectivity index (χ1v) is 6.47. The summed E-state index contributed by atoms with van der Waals surface area (Å²) in [5.74, 6) is -2.26. The summed E-state index contributed by atoms with van der Waals surface area (Å²) in [6.07, 6.45) is 4.14. The largest absolute Gasteiger partial charge is 0.339 e. The van der Waals surface area contributed by atoms with Crippen LogP contribution in [0.5, 0.6) is 0 Å². The quantitative estimate of drug-likeness (QED) is 0.497. The highest BCUT2D eigenvalue weighted by atomic mass is 19.3. The van der Waals surface area contributed by atoms with E-state index in [1.54, 1.807) is 0 Å². The number of pyridine rings is 1. The van der Waals surface area contributed by atoms with Crippen LogP contribution < -0.4 is 5.32 Å². The fraction of sp³-hybridized carbons (Fsp3) is 0.429. The molecule has 0 fully saturated rings. The summed E-state index contributed by atoms with van der Waals surface area (Å²) in [6.45, 7) is 4.36. The molecule has 0 saturated heterocycles. The highest BCUT2D eigenvalue weighted by Gasteiger charge is 2.24. The van der Waals surface area contributed by atoms with E-state index in [0.717, 1.165) is 26.1 Å². The molecular formula is C14H18F2N4. The summed E-state index contributed by atoms with van der Waals surface area (Å²) in [5.41, 5.74) is 1.19. The second kappa shape index (κ2) is 5.56. The van der Waals surface area contributed by atoms with Crippen molar-refractivity contribution in [2.75, 3.05) is 18.4 Å². The summed E-state index contributed by atoms with van der Waals surface area (Å²) in [4.78, 5) is 5.79. The fourth-order valence-corrected chi connectivity index (χ4v) is 1.90. The van der Waals surface area contributed by atoms with Crippen molar-refractivity contribution in [3.8, 4) is 0 Å². The van der Waals surface area contributed by atoms with Crippen LogP contribution in [-0.4, -0.2) is 28.9 Å². The molecule has 0 radical (unpaired) electrons. The highest BCUT2D eigenvalue weighted by molar-refractivity contribution is 5.90. The van der Waals surface area contributed by atoms with E-state index in [0.29, 0.717) is 12.4 Å². The first-order valence-electron chi connectivity index (χ1n) is 6.47. The van der Waals surface area contributed by atoms with Crippen molar-refractivity contribution in [2.24, 2.45) is 0 Å². The number of anilines is 1. The van der Waals surface area contributed by atoms with Crippen LogP contribution in [0.2, 0.25) is 0 Å². The van der Waals surface area contributed by atoms with Crippen LogP contribution in [0.15, 0.2) is 30.0 Å². The van der Waals surface area contributed by atoms with Crippen molar-refractivity contribution in [3.63, 3.8) is 0 Å². The van der Waals surface area contributed by atoms with Gasteiger partial charge in [-0.2, -0.15) is 0 Å². The molecule has 0 aliphatic carbocycles. The van der Waals surface area contributed by atoms with Gasteiger partial charge in [0, 0.05) is 31.8 Å². The van der Waals surface area contributed by atoms with Crippen molar-refractivity contribution in [1.82, 2.24) is 9.88 Å². The van der Waals surface area contributed by atoms with Gasteiger partial charge in [-0.3, -0.25) is 5.41 Å². The van der Waals surface area contributed by atoms with E-state index >= 15 is 0 Å². The standard InChI is InChI=1S/C14H18F2N4/c1-10-5-7-20(8-6-10)13(17)19-12-4-3-11(9-18-12)14(2,15)16/h3-5,9H,6-8H2,1-2H3,(H2,17,18,19). The lowest BCUT2D eigenvalue weighted by atomic mass is 10.1. The molecule has 6 heteroatoms. The smallest absolute Gasteiger partial charge is 0.272 e. The molecule has 0 amide bonds. The molecule has 0 atom stereocenters. The predicted octanol–water partition coefficient (Wildman–Crippen LogP) is 3.19. The highest BCUT2D eigenvalue weighted by Crippen LogP contribution is 2.26. The van der Waals surface area contributed by atoms with Crippen LogP contribution in [0.1, 0.15) is 25.8 Å². The number of aromatic nitrogens is 1. The molecule has 2 heterocycles. The molecule has 1 aliphatic heterocycles. The van der Waals surface area contributed by atoms with E-state index in [9.17, 15) is 8.78 Å². The van der Waals surface area contributed by atoms with Crippen molar-refractivity contribution >= 4 is 11.8 Å². The first kappa shape index (κ1) is 14.4. The molecule has 108 valence electrons. The number of alkyl halides is 2. The minimum atomic E-state index is -2.89. The minimum Gasteiger partial charge on any atom is -0.339 e. The summed E-state index contributed by atoms with van der Waals surface area (Å²) in [5, 5.41) is 10.8. The molecule has 20 heavy (non-hydrogen) atoms. The van der Waals surface area contributed by atoms with Gasteiger partial charge in [0.15, 0.2) is 5.96 Å². The normalized spacial score (nSPS) is 15.8. The molecule has 1 aromatic heterocycles. The van der Waals surface area contributed by atoms with Gasteiger partial charge in [-0.15, -0.1) is 0 Å². The molecule has 2 rings (SSSR count). The van der Waals surface area contributed by atoms with E-state index in [2.05, 4.69) is 23.3 Å². The Morgan fingerprint density at radius 3 is 2.70 bits per heavy atom. The van der Waals surface area contributed by atoms with Crippen LogP contribution >= 0.6 is 0 Å². The van der Waals surface area contributed by atoms with Gasteiger partial charge < -0.3 is 10.2 Å². The molecule has 0 spiro atoms.